The number of halogens is 3. The molecule has 2 heterocycles. The molecular formula is C24H19Cl3N2O4. The fourth-order valence-corrected chi connectivity index (χ4v) is 3.82. The third kappa shape index (κ3) is 5.03. The smallest absolute Gasteiger partial charge is 0.344 e. The number of aliphatic carboxylic acids is 1. The second-order valence-electron chi connectivity index (χ2n) is 7.42. The summed E-state index contributed by atoms with van der Waals surface area (Å²) in [7, 11) is 0. The van der Waals surface area contributed by atoms with Crippen molar-refractivity contribution in [3.8, 4) is 17.2 Å². The number of carboxylic acids is 1. The summed E-state index contributed by atoms with van der Waals surface area (Å²) >= 11 is 18.4. The van der Waals surface area contributed by atoms with Crippen molar-refractivity contribution in [2.45, 2.75) is 26.5 Å². The van der Waals surface area contributed by atoms with E-state index in [1.807, 2.05) is 23.6 Å². The minimum atomic E-state index is -1.08. The number of fused-ring (bicyclic) bond motifs is 1. The molecule has 0 aliphatic rings. The van der Waals surface area contributed by atoms with Crippen LogP contribution in [0.2, 0.25) is 15.2 Å². The van der Waals surface area contributed by atoms with E-state index in [1.165, 1.54) is 6.92 Å². The van der Waals surface area contributed by atoms with Gasteiger partial charge in [-0.05, 0) is 67.9 Å². The highest BCUT2D eigenvalue weighted by Crippen LogP contribution is 2.37. The molecule has 9 heteroatoms. The summed E-state index contributed by atoms with van der Waals surface area (Å²) in [6.45, 7) is 3.79. The van der Waals surface area contributed by atoms with Crippen molar-refractivity contribution in [3.05, 3.63) is 81.1 Å². The largest absolute Gasteiger partial charge is 0.479 e. The number of benzene rings is 2. The van der Waals surface area contributed by atoms with E-state index in [-0.39, 0.29) is 0 Å². The summed E-state index contributed by atoms with van der Waals surface area (Å²) in [4.78, 5) is 15.7. The number of rotatable bonds is 7. The van der Waals surface area contributed by atoms with Crippen molar-refractivity contribution in [2.24, 2.45) is 0 Å². The molecule has 170 valence electrons. The highest BCUT2D eigenvalue weighted by atomic mass is 35.5. The Kier molecular flexibility index (Phi) is 6.70. The molecule has 0 spiro atoms. The second-order valence-corrected chi connectivity index (χ2v) is 8.66. The first-order valence-corrected chi connectivity index (χ1v) is 11.1. The number of pyridine rings is 1. The number of aromatic nitrogens is 2. The molecule has 0 radical (unpaired) electrons. The van der Waals surface area contributed by atoms with E-state index >= 15 is 0 Å². The van der Waals surface area contributed by atoms with Crippen molar-refractivity contribution in [1.82, 2.24) is 9.55 Å². The SMILES string of the molecule is Cc1c(Oc2ccc(Cl)cc2)c2ccc(Cl)nc2n1Cc1ccc(Cl)c(O[C@@H](C)C(=O)O)c1. The van der Waals surface area contributed by atoms with Crippen LogP contribution >= 0.6 is 34.8 Å². The van der Waals surface area contributed by atoms with Gasteiger partial charge in [0.15, 0.2) is 11.9 Å². The maximum Gasteiger partial charge on any atom is 0.344 e. The molecule has 0 fully saturated rings. The van der Waals surface area contributed by atoms with Crippen LogP contribution in [0.1, 0.15) is 18.2 Å². The summed E-state index contributed by atoms with van der Waals surface area (Å²) in [5.74, 6) is 0.510. The topological polar surface area (TPSA) is 73.6 Å². The number of hydrogen-bond acceptors (Lipinski definition) is 4. The molecule has 4 rings (SSSR count). The van der Waals surface area contributed by atoms with Crippen LogP contribution in [0.5, 0.6) is 17.2 Å². The van der Waals surface area contributed by atoms with Crippen LogP contribution in [0.3, 0.4) is 0 Å². The number of carbonyl (C=O) groups is 1. The van der Waals surface area contributed by atoms with Crippen LogP contribution in [-0.2, 0) is 11.3 Å². The first kappa shape index (κ1) is 23.2. The zero-order valence-corrected chi connectivity index (χ0v) is 19.9. The van der Waals surface area contributed by atoms with Gasteiger partial charge in [0.2, 0.25) is 0 Å². The lowest BCUT2D eigenvalue weighted by Gasteiger charge is -2.14. The molecule has 6 nitrogen and oxygen atoms in total. The maximum atomic E-state index is 11.2. The molecule has 0 bridgehead atoms. The first-order valence-electron chi connectivity index (χ1n) is 9.99. The number of ether oxygens (including phenoxy) is 2. The van der Waals surface area contributed by atoms with Crippen molar-refractivity contribution in [3.63, 3.8) is 0 Å². The summed E-state index contributed by atoms with van der Waals surface area (Å²) in [5.41, 5.74) is 2.33. The Hall–Kier alpha value is -2.93. The predicted molar refractivity (Wildman–Crippen MR) is 129 cm³/mol. The fraction of sp³-hybridized carbons (Fsp3) is 0.167. The zero-order valence-electron chi connectivity index (χ0n) is 17.7. The van der Waals surface area contributed by atoms with Gasteiger partial charge in [0, 0.05) is 11.6 Å². The van der Waals surface area contributed by atoms with Crippen molar-refractivity contribution < 1.29 is 19.4 Å². The molecule has 0 unspecified atom stereocenters. The number of carboxylic acid groups (broad SMARTS) is 1. The van der Waals surface area contributed by atoms with Crippen LogP contribution in [0, 0.1) is 6.92 Å². The normalized spacial score (nSPS) is 12.0. The molecule has 0 aliphatic heterocycles. The molecule has 1 N–H and O–H groups in total. The van der Waals surface area contributed by atoms with Gasteiger partial charge in [-0.1, -0.05) is 40.9 Å². The molecule has 1 atom stereocenters. The van der Waals surface area contributed by atoms with Gasteiger partial charge < -0.3 is 19.1 Å². The van der Waals surface area contributed by atoms with Gasteiger partial charge in [0.05, 0.1) is 16.1 Å². The Bertz CT molecular complexity index is 1340. The second kappa shape index (κ2) is 9.51. The van der Waals surface area contributed by atoms with E-state index in [2.05, 4.69) is 4.98 Å². The van der Waals surface area contributed by atoms with Crippen LogP contribution in [0.15, 0.2) is 54.6 Å². The van der Waals surface area contributed by atoms with Crippen LogP contribution in [-0.4, -0.2) is 26.7 Å². The maximum absolute atomic E-state index is 11.2. The zero-order chi connectivity index (χ0) is 23.7. The Morgan fingerprint density at radius 3 is 2.52 bits per heavy atom. The van der Waals surface area contributed by atoms with E-state index in [9.17, 15) is 4.79 Å². The minimum Gasteiger partial charge on any atom is -0.479 e. The monoisotopic (exact) mass is 504 g/mol. The lowest BCUT2D eigenvalue weighted by atomic mass is 10.2. The predicted octanol–water partition coefficient (Wildman–Crippen LogP) is 7.00. The average Bonchev–Trinajstić information content (AvgIpc) is 3.02. The first-order chi connectivity index (χ1) is 15.7. The van der Waals surface area contributed by atoms with Gasteiger partial charge in [-0.2, -0.15) is 0 Å². The average molecular weight is 506 g/mol. The number of hydrogen-bond donors (Lipinski definition) is 1. The summed E-state index contributed by atoms with van der Waals surface area (Å²) < 4.78 is 13.7. The van der Waals surface area contributed by atoms with E-state index in [0.29, 0.717) is 44.6 Å². The van der Waals surface area contributed by atoms with Gasteiger partial charge in [0.25, 0.3) is 0 Å². The molecule has 33 heavy (non-hydrogen) atoms. The molecular weight excluding hydrogens is 487 g/mol. The molecule has 0 amide bonds. The highest BCUT2D eigenvalue weighted by Gasteiger charge is 2.19. The molecule has 2 aromatic heterocycles. The molecule has 0 saturated carbocycles. The Morgan fingerprint density at radius 1 is 1.09 bits per heavy atom. The van der Waals surface area contributed by atoms with Gasteiger partial charge in [-0.25, -0.2) is 9.78 Å². The lowest BCUT2D eigenvalue weighted by Crippen LogP contribution is -2.23. The third-order valence-corrected chi connectivity index (χ3v) is 5.87. The van der Waals surface area contributed by atoms with E-state index < -0.39 is 12.1 Å². The van der Waals surface area contributed by atoms with Gasteiger partial charge in [-0.3, -0.25) is 0 Å². The van der Waals surface area contributed by atoms with Crippen LogP contribution < -0.4 is 9.47 Å². The minimum absolute atomic E-state index is 0.293. The summed E-state index contributed by atoms with van der Waals surface area (Å²) in [6.07, 6.45) is -1.04. The quantitative estimate of drug-likeness (QED) is 0.274. The standard InChI is InChI=1S/C24H19Cl3N2O4/c1-13-22(33-17-6-4-16(25)5-7-17)18-8-10-21(27)28-23(18)29(13)12-15-3-9-19(26)20(11-15)32-14(2)24(30)31/h3-11,14H,12H2,1-2H3,(H,30,31)/t14-/m0/s1. The highest BCUT2D eigenvalue weighted by molar-refractivity contribution is 6.32. The van der Waals surface area contributed by atoms with Crippen LogP contribution in [0.25, 0.3) is 11.0 Å². The van der Waals surface area contributed by atoms with Crippen molar-refractivity contribution in [1.29, 1.82) is 0 Å². The van der Waals surface area contributed by atoms with E-state index in [4.69, 9.17) is 49.4 Å². The van der Waals surface area contributed by atoms with E-state index in [0.717, 1.165) is 16.6 Å². The Morgan fingerprint density at radius 2 is 1.82 bits per heavy atom. The molecule has 0 aliphatic carbocycles. The third-order valence-electron chi connectivity index (χ3n) is 5.10. The van der Waals surface area contributed by atoms with Crippen molar-refractivity contribution in [2.75, 3.05) is 0 Å². The van der Waals surface area contributed by atoms with E-state index in [1.54, 1.807) is 42.5 Å². The van der Waals surface area contributed by atoms with Gasteiger partial charge in [-0.15, -0.1) is 0 Å². The van der Waals surface area contributed by atoms with Gasteiger partial charge in [0.1, 0.15) is 22.3 Å². The Balaban J connectivity index is 1.74. The summed E-state index contributed by atoms with van der Waals surface area (Å²) in [6, 6.07) is 15.9. The number of nitrogens with zero attached hydrogens (tertiary/aromatic N) is 2. The lowest BCUT2D eigenvalue weighted by molar-refractivity contribution is -0.144. The molecule has 4 aromatic rings. The van der Waals surface area contributed by atoms with Crippen molar-refractivity contribution >= 4 is 51.8 Å². The fourth-order valence-electron chi connectivity index (χ4n) is 3.39. The van der Waals surface area contributed by atoms with Gasteiger partial charge >= 0.3 is 5.97 Å². The Labute approximate surface area is 205 Å². The molecule has 0 saturated heterocycles. The molecule has 2 aromatic carbocycles. The van der Waals surface area contributed by atoms with Crippen LogP contribution in [0.4, 0.5) is 0 Å². The summed E-state index contributed by atoms with van der Waals surface area (Å²) in [5, 5.41) is 11.2.